The van der Waals surface area contributed by atoms with E-state index in [1.54, 1.807) is 0 Å². The molecule has 1 unspecified atom stereocenters. The van der Waals surface area contributed by atoms with Crippen LogP contribution >= 0.6 is 0 Å². The molecule has 0 heterocycles. The second-order valence-electron chi connectivity index (χ2n) is 22.0. The normalized spacial score (nSPS) is 13.1. The molecule has 0 N–H and O–H groups in total. The van der Waals surface area contributed by atoms with E-state index in [2.05, 4.69) is 167 Å². The smallest absolute Gasteiger partial charge is 0.306 e. The zero-order valence-electron chi connectivity index (χ0n) is 53.2. The lowest BCUT2D eigenvalue weighted by Gasteiger charge is -2.18. The first-order chi connectivity index (χ1) is 40.5. The van der Waals surface area contributed by atoms with Gasteiger partial charge in [0.1, 0.15) is 13.2 Å². The van der Waals surface area contributed by atoms with Crippen molar-refractivity contribution < 1.29 is 28.6 Å². The highest BCUT2D eigenvalue weighted by Crippen LogP contribution is 2.15. The maximum absolute atomic E-state index is 12.9. The molecule has 0 aliphatic carbocycles. The lowest BCUT2D eigenvalue weighted by atomic mass is 10.0. The van der Waals surface area contributed by atoms with Gasteiger partial charge in [-0.1, -0.05) is 301 Å². The van der Waals surface area contributed by atoms with Crippen molar-refractivity contribution in [3.8, 4) is 0 Å². The van der Waals surface area contributed by atoms with Crippen molar-refractivity contribution in [2.75, 3.05) is 13.2 Å². The summed E-state index contributed by atoms with van der Waals surface area (Å²) in [6, 6.07) is 0. The van der Waals surface area contributed by atoms with Crippen LogP contribution in [0.5, 0.6) is 0 Å². The Bertz CT molecular complexity index is 1780. The number of ether oxygens (including phenoxy) is 3. The van der Waals surface area contributed by atoms with Crippen molar-refractivity contribution in [1.29, 1.82) is 0 Å². The summed E-state index contributed by atoms with van der Waals surface area (Å²) < 4.78 is 16.9. The first-order valence-electron chi connectivity index (χ1n) is 33.8. The quantitative estimate of drug-likeness (QED) is 0.0261. The van der Waals surface area contributed by atoms with E-state index in [0.29, 0.717) is 19.3 Å². The molecule has 0 aliphatic rings. The molecule has 6 heteroatoms. The van der Waals surface area contributed by atoms with Gasteiger partial charge in [0.15, 0.2) is 6.10 Å². The number of esters is 3. The predicted molar refractivity (Wildman–Crippen MR) is 357 cm³/mol. The summed E-state index contributed by atoms with van der Waals surface area (Å²) in [5, 5.41) is 0. The third kappa shape index (κ3) is 66.1. The molecule has 0 bridgehead atoms. The van der Waals surface area contributed by atoms with Gasteiger partial charge in [-0.15, -0.1) is 0 Å². The SMILES string of the molecule is CC/C=C\C/C=C\C/C=C\C/C=C\C/C=C\C/C=C\C/C=C\C/C=C\C/C=C\CCCC(=O)OCC(COC(=O)CCCCCCCCCCCCCCCC)OC(=O)CCCCCCCC/C=C\C/C=C\C/C=C\CCCCCCC. The van der Waals surface area contributed by atoms with Crippen LogP contribution in [0, 0.1) is 0 Å². The lowest BCUT2D eigenvalue weighted by molar-refractivity contribution is -0.167. The Labute approximate surface area is 506 Å². The van der Waals surface area contributed by atoms with Crippen LogP contribution in [0.3, 0.4) is 0 Å². The summed E-state index contributed by atoms with van der Waals surface area (Å²) in [5.41, 5.74) is 0. The van der Waals surface area contributed by atoms with Crippen LogP contribution in [0.25, 0.3) is 0 Å². The summed E-state index contributed by atoms with van der Waals surface area (Å²) in [6.45, 7) is 6.47. The second-order valence-corrected chi connectivity index (χ2v) is 22.0. The van der Waals surface area contributed by atoms with Crippen LogP contribution in [0.4, 0.5) is 0 Å². The van der Waals surface area contributed by atoms with Gasteiger partial charge >= 0.3 is 17.9 Å². The van der Waals surface area contributed by atoms with Crippen molar-refractivity contribution in [2.45, 2.75) is 303 Å². The average Bonchev–Trinajstić information content (AvgIpc) is 3.47. The monoisotopic (exact) mass is 1130 g/mol. The second kappa shape index (κ2) is 68.8. The maximum atomic E-state index is 12.9. The number of hydrogen-bond donors (Lipinski definition) is 0. The lowest BCUT2D eigenvalue weighted by Crippen LogP contribution is -2.30. The topological polar surface area (TPSA) is 78.9 Å². The number of hydrogen-bond acceptors (Lipinski definition) is 6. The van der Waals surface area contributed by atoms with Crippen LogP contribution < -0.4 is 0 Å². The van der Waals surface area contributed by atoms with E-state index in [1.165, 1.54) is 122 Å². The molecule has 0 saturated heterocycles. The molecular weight excluding hydrogens is 1010 g/mol. The maximum Gasteiger partial charge on any atom is 0.306 e. The summed E-state index contributed by atoms with van der Waals surface area (Å²) in [7, 11) is 0. The van der Waals surface area contributed by atoms with Gasteiger partial charge in [0, 0.05) is 19.3 Å². The van der Waals surface area contributed by atoms with Gasteiger partial charge < -0.3 is 14.2 Å². The minimum Gasteiger partial charge on any atom is -0.462 e. The van der Waals surface area contributed by atoms with Crippen LogP contribution in [0.1, 0.15) is 297 Å². The van der Waals surface area contributed by atoms with Gasteiger partial charge in [0.2, 0.25) is 0 Å². The van der Waals surface area contributed by atoms with Gasteiger partial charge in [-0.05, 0) is 122 Å². The highest BCUT2D eigenvalue weighted by Gasteiger charge is 2.19. The molecule has 0 aliphatic heterocycles. The van der Waals surface area contributed by atoms with Crippen molar-refractivity contribution in [3.05, 3.63) is 146 Å². The number of allylic oxidation sites excluding steroid dienone is 24. The van der Waals surface area contributed by atoms with E-state index >= 15 is 0 Å². The van der Waals surface area contributed by atoms with E-state index in [0.717, 1.165) is 128 Å². The Morgan fingerprint density at radius 2 is 0.488 bits per heavy atom. The Morgan fingerprint density at radius 1 is 0.256 bits per heavy atom. The molecule has 0 radical (unpaired) electrons. The third-order valence-corrected chi connectivity index (χ3v) is 14.1. The Balaban J connectivity index is 4.48. The molecular formula is C76H124O6. The zero-order valence-corrected chi connectivity index (χ0v) is 53.2. The molecule has 0 amide bonds. The third-order valence-electron chi connectivity index (χ3n) is 14.1. The molecule has 0 rings (SSSR count). The fourth-order valence-electron chi connectivity index (χ4n) is 9.04. The average molecular weight is 1130 g/mol. The van der Waals surface area contributed by atoms with E-state index in [9.17, 15) is 14.4 Å². The van der Waals surface area contributed by atoms with E-state index < -0.39 is 6.10 Å². The summed E-state index contributed by atoms with van der Waals surface area (Å²) in [5.74, 6) is -0.975. The van der Waals surface area contributed by atoms with Crippen LogP contribution in [0.15, 0.2) is 146 Å². The summed E-state index contributed by atoms with van der Waals surface area (Å²) in [4.78, 5) is 38.4. The van der Waals surface area contributed by atoms with Gasteiger partial charge in [0.25, 0.3) is 0 Å². The number of carbonyl (C=O) groups excluding carboxylic acids is 3. The first kappa shape index (κ1) is 77.3. The number of unbranched alkanes of at least 4 members (excludes halogenated alkanes) is 25. The molecule has 1 atom stereocenters. The fraction of sp³-hybridized carbons (Fsp3) is 0.645. The molecule has 0 spiro atoms. The summed E-state index contributed by atoms with van der Waals surface area (Å²) >= 11 is 0. The first-order valence-corrected chi connectivity index (χ1v) is 33.8. The molecule has 0 aromatic carbocycles. The van der Waals surface area contributed by atoms with Crippen LogP contribution in [0.2, 0.25) is 0 Å². The van der Waals surface area contributed by atoms with Crippen molar-refractivity contribution >= 4 is 17.9 Å². The van der Waals surface area contributed by atoms with Crippen LogP contribution in [-0.2, 0) is 28.6 Å². The molecule has 0 aromatic heterocycles. The minimum absolute atomic E-state index is 0.104. The van der Waals surface area contributed by atoms with Crippen molar-refractivity contribution in [3.63, 3.8) is 0 Å². The largest absolute Gasteiger partial charge is 0.462 e. The van der Waals surface area contributed by atoms with Gasteiger partial charge in [0.05, 0.1) is 0 Å². The molecule has 464 valence electrons. The standard InChI is InChI=1S/C76H124O6/c1-4-7-10-13-16-19-22-25-28-30-32-34-35-36-37-38-39-40-41-43-44-46-48-51-54-57-60-63-66-69-75(78)81-72-73(71-80-74(77)68-65-62-59-56-53-50-27-24-21-18-15-12-9-6-3)82-76(79)70-67-64-61-58-55-52-49-47-45-42-33-31-29-26-23-20-17-14-11-8-5-2/h7,10,16,19,23,25-26,28,31-34,36-37,39-40,43-45,47-48,51,57,60,73H,4-6,8-9,11-15,17-18,20-22,24,27,29-30,35,38,41-42,46,49-50,52-56,58-59,61-72H2,1-3H3/b10-7-,19-16-,26-23-,28-25-,33-31-,34-32-,37-36-,40-39-,44-43-,47-45-,51-48-,60-57-. The predicted octanol–water partition coefficient (Wildman–Crippen LogP) is 23.5. The van der Waals surface area contributed by atoms with Gasteiger partial charge in [-0.3, -0.25) is 14.4 Å². The number of rotatable bonds is 60. The minimum atomic E-state index is -0.815. The zero-order chi connectivity index (χ0) is 59.2. The Morgan fingerprint density at radius 3 is 0.793 bits per heavy atom. The highest BCUT2D eigenvalue weighted by atomic mass is 16.6. The van der Waals surface area contributed by atoms with E-state index in [-0.39, 0.29) is 37.5 Å². The van der Waals surface area contributed by atoms with E-state index in [1.807, 2.05) is 0 Å². The highest BCUT2D eigenvalue weighted by molar-refractivity contribution is 5.71. The van der Waals surface area contributed by atoms with Crippen molar-refractivity contribution in [2.24, 2.45) is 0 Å². The molecule has 0 saturated carbocycles. The Hall–Kier alpha value is -4.71. The van der Waals surface area contributed by atoms with Crippen LogP contribution in [-0.4, -0.2) is 37.2 Å². The molecule has 82 heavy (non-hydrogen) atoms. The summed E-state index contributed by atoms with van der Waals surface area (Å²) in [6.07, 6.45) is 98.6. The Kier molecular flexibility index (Phi) is 64.8. The van der Waals surface area contributed by atoms with E-state index in [4.69, 9.17) is 14.2 Å². The molecule has 0 aromatic rings. The fourth-order valence-corrected chi connectivity index (χ4v) is 9.04. The molecule has 0 fully saturated rings. The van der Waals surface area contributed by atoms with Gasteiger partial charge in [-0.2, -0.15) is 0 Å². The van der Waals surface area contributed by atoms with Crippen molar-refractivity contribution in [1.82, 2.24) is 0 Å². The van der Waals surface area contributed by atoms with Gasteiger partial charge in [-0.25, -0.2) is 0 Å². The number of carbonyl (C=O) groups is 3. The molecule has 6 nitrogen and oxygen atoms in total.